The summed E-state index contributed by atoms with van der Waals surface area (Å²) in [7, 11) is 0. The van der Waals surface area contributed by atoms with E-state index in [0.29, 0.717) is 17.0 Å². The van der Waals surface area contributed by atoms with Crippen molar-refractivity contribution in [2.45, 2.75) is 0 Å². The number of hydrogen-bond acceptors (Lipinski definition) is 5. The molecule has 0 unspecified atom stereocenters. The van der Waals surface area contributed by atoms with Crippen molar-refractivity contribution in [2.24, 2.45) is 0 Å². The van der Waals surface area contributed by atoms with E-state index < -0.39 is 5.97 Å². The first-order valence-corrected chi connectivity index (χ1v) is 4.37. The maximum absolute atomic E-state index is 10.4. The molecular weight excluding hydrogens is 222 g/mol. The van der Waals surface area contributed by atoms with Gasteiger partial charge in [-0.05, 0) is 11.6 Å². The van der Waals surface area contributed by atoms with Crippen LogP contribution in [0.5, 0.6) is 0 Å². The molecule has 0 atom stereocenters. The summed E-state index contributed by atoms with van der Waals surface area (Å²) in [5, 5.41) is 11.1. The molecular formula is C7H6ClN5O2. The van der Waals surface area contributed by atoms with Crippen molar-refractivity contribution in [1.82, 2.24) is 19.9 Å². The summed E-state index contributed by atoms with van der Waals surface area (Å²) in [6.45, 7) is -0.249. The molecule has 0 saturated heterocycles. The standard InChI is InChI=1S/C7H6ClN5O2/c8-7-12-5(9-1-3(14)15)4-6(13-7)11-2-10-4/h2H,1H2,(H,14,15)(H2,9,10,11,12,13). The van der Waals surface area contributed by atoms with E-state index in [0.717, 1.165) is 0 Å². The summed E-state index contributed by atoms with van der Waals surface area (Å²) in [5.74, 6) is -0.665. The number of aromatic nitrogens is 4. The number of imidazole rings is 1. The molecule has 2 aromatic rings. The number of rotatable bonds is 3. The smallest absolute Gasteiger partial charge is 0.322 e. The highest BCUT2D eigenvalue weighted by molar-refractivity contribution is 6.28. The highest BCUT2D eigenvalue weighted by atomic mass is 35.5. The molecule has 0 spiro atoms. The van der Waals surface area contributed by atoms with Crippen molar-refractivity contribution >= 4 is 34.6 Å². The Morgan fingerprint density at radius 2 is 2.40 bits per heavy atom. The van der Waals surface area contributed by atoms with E-state index in [1.54, 1.807) is 0 Å². The van der Waals surface area contributed by atoms with Gasteiger partial charge in [0.15, 0.2) is 11.5 Å². The monoisotopic (exact) mass is 227 g/mol. The van der Waals surface area contributed by atoms with Crippen molar-refractivity contribution in [2.75, 3.05) is 11.9 Å². The van der Waals surface area contributed by atoms with Gasteiger partial charge in [-0.15, -0.1) is 0 Å². The molecule has 0 aliphatic carbocycles. The predicted octanol–water partition coefficient (Wildman–Crippen LogP) is 0.503. The summed E-state index contributed by atoms with van der Waals surface area (Å²) in [6, 6.07) is 0. The second-order valence-electron chi connectivity index (χ2n) is 2.69. The van der Waals surface area contributed by atoms with E-state index in [1.165, 1.54) is 6.33 Å². The van der Waals surface area contributed by atoms with Gasteiger partial charge in [0.2, 0.25) is 5.28 Å². The number of anilines is 1. The zero-order chi connectivity index (χ0) is 10.8. The van der Waals surface area contributed by atoms with Crippen LogP contribution in [0.25, 0.3) is 11.2 Å². The quantitative estimate of drug-likeness (QED) is 0.660. The van der Waals surface area contributed by atoms with Crippen molar-refractivity contribution in [3.05, 3.63) is 11.6 Å². The van der Waals surface area contributed by atoms with Crippen LogP contribution in [0.1, 0.15) is 0 Å². The largest absolute Gasteiger partial charge is 0.480 e. The Balaban J connectivity index is 2.39. The van der Waals surface area contributed by atoms with Crippen LogP contribution >= 0.6 is 11.6 Å². The molecule has 8 heteroatoms. The van der Waals surface area contributed by atoms with Gasteiger partial charge in [0.25, 0.3) is 0 Å². The minimum atomic E-state index is -0.989. The van der Waals surface area contributed by atoms with E-state index in [-0.39, 0.29) is 11.8 Å². The third-order valence-corrected chi connectivity index (χ3v) is 1.83. The number of aliphatic carboxylic acids is 1. The second kappa shape index (κ2) is 3.70. The van der Waals surface area contributed by atoms with Gasteiger partial charge in [-0.1, -0.05) is 0 Å². The lowest BCUT2D eigenvalue weighted by molar-refractivity contribution is -0.134. The van der Waals surface area contributed by atoms with Crippen LogP contribution in [-0.2, 0) is 4.79 Å². The molecule has 0 saturated carbocycles. The molecule has 0 aliphatic rings. The first kappa shape index (κ1) is 9.66. The van der Waals surface area contributed by atoms with Gasteiger partial charge in [0.05, 0.1) is 6.33 Å². The summed E-state index contributed by atoms with van der Waals surface area (Å²) in [4.78, 5) is 24.7. The maximum Gasteiger partial charge on any atom is 0.322 e. The van der Waals surface area contributed by atoms with E-state index in [4.69, 9.17) is 16.7 Å². The third kappa shape index (κ3) is 1.96. The highest BCUT2D eigenvalue weighted by Gasteiger charge is 2.09. The van der Waals surface area contributed by atoms with Crippen molar-refractivity contribution in [3.8, 4) is 0 Å². The average Bonchev–Trinajstić information content (AvgIpc) is 2.61. The Morgan fingerprint density at radius 1 is 1.60 bits per heavy atom. The minimum Gasteiger partial charge on any atom is -0.480 e. The fourth-order valence-electron chi connectivity index (χ4n) is 1.09. The van der Waals surface area contributed by atoms with Crippen LogP contribution < -0.4 is 5.32 Å². The van der Waals surface area contributed by atoms with E-state index in [1.807, 2.05) is 0 Å². The summed E-state index contributed by atoms with van der Waals surface area (Å²) in [5.41, 5.74) is 0.920. The van der Waals surface area contributed by atoms with Crippen LogP contribution in [0.3, 0.4) is 0 Å². The Kier molecular flexibility index (Phi) is 2.38. The third-order valence-electron chi connectivity index (χ3n) is 1.67. The molecule has 0 fully saturated rings. The van der Waals surface area contributed by atoms with Gasteiger partial charge in [-0.2, -0.15) is 9.97 Å². The number of H-pyrrole nitrogens is 1. The van der Waals surface area contributed by atoms with E-state index in [2.05, 4.69) is 25.3 Å². The number of aromatic amines is 1. The number of fused-ring (bicyclic) bond motifs is 1. The second-order valence-corrected chi connectivity index (χ2v) is 3.03. The maximum atomic E-state index is 10.4. The van der Waals surface area contributed by atoms with E-state index in [9.17, 15) is 4.79 Å². The fourth-order valence-corrected chi connectivity index (χ4v) is 1.26. The molecule has 2 heterocycles. The fraction of sp³-hybridized carbons (Fsp3) is 0.143. The molecule has 2 aromatic heterocycles. The van der Waals surface area contributed by atoms with Crippen LogP contribution in [0.2, 0.25) is 5.28 Å². The number of carboxylic acids is 1. The normalized spacial score (nSPS) is 10.5. The minimum absolute atomic E-state index is 0.0162. The highest BCUT2D eigenvalue weighted by Crippen LogP contribution is 2.17. The molecule has 15 heavy (non-hydrogen) atoms. The first-order chi connectivity index (χ1) is 7.16. The van der Waals surface area contributed by atoms with Crippen LogP contribution in [0, 0.1) is 0 Å². The lowest BCUT2D eigenvalue weighted by Gasteiger charge is -2.02. The summed E-state index contributed by atoms with van der Waals surface area (Å²) >= 11 is 5.63. The summed E-state index contributed by atoms with van der Waals surface area (Å²) in [6.07, 6.45) is 1.43. The average molecular weight is 228 g/mol. The number of nitrogens with one attached hydrogen (secondary N) is 2. The molecule has 0 radical (unpaired) electrons. The van der Waals surface area contributed by atoms with Gasteiger partial charge in [-0.3, -0.25) is 4.79 Å². The number of carboxylic acid groups (broad SMARTS) is 1. The molecule has 2 rings (SSSR count). The lowest BCUT2D eigenvalue weighted by atomic mass is 10.5. The molecule has 78 valence electrons. The molecule has 3 N–H and O–H groups in total. The lowest BCUT2D eigenvalue weighted by Crippen LogP contribution is -2.13. The Morgan fingerprint density at radius 3 is 3.13 bits per heavy atom. The van der Waals surface area contributed by atoms with Crippen molar-refractivity contribution in [1.29, 1.82) is 0 Å². The van der Waals surface area contributed by atoms with Crippen LogP contribution in [0.4, 0.5) is 5.82 Å². The molecule has 0 aromatic carbocycles. The van der Waals surface area contributed by atoms with Crippen LogP contribution in [0.15, 0.2) is 6.33 Å². The topological polar surface area (TPSA) is 104 Å². The number of nitrogens with zero attached hydrogens (tertiary/aromatic N) is 3. The van der Waals surface area contributed by atoms with Gasteiger partial charge >= 0.3 is 5.97 Å². The molecule has 7 nitrogen and oxygen atoms in total. The summed E-state index contributed by atoms with van der Waals surface area (Å²) < 4.78 is 0. The molecule has 0 aliphatic heterocycles. The van der Waals surface area contributed by atoms with Gasteiger partial charge < -0.3 is 15.4 Å². The number of hydrogen-bond donors (Lipinski definition) is 3. The Bertz CT molecular complexity index is 511. The molecule has 0 bridgehead atoms. The number of halogens is 1. The van der Waals surface area contributed by atoms with Crippen molar-refractivity contribution in [3.63, 3.8) is 0 Å². The van der Waals surface area contributed by atoms with Gasteiger partial charge in [-0.25, -0.2) is 4.98 Å². The first-order valence-electron chi connectivity index (χ1n) is 3.99. The van der Waals surface area contributed by atoms with Crippen molar-refractivity contribution < 1.29 is 9.90 Å². The zero-order valence-electron chi connectivity index (χ0n) is 7.36. The van der Waals surface area contributed by atoms with E-state index >= 15 is 0 Å². The van der Waals surface area contributed by atoms with Gasteiger partial charge in [0, 0.05) is 0 Å². The zero-order valence-corrected chi connectivity index (χ0v) is 8.12. The number of carbonyl (C=O) groups is 1. The Hall–Kier alpha value is -1.89. The SMILES string of the molecule is O=C(O)CNc1nc(Cl)nc2nc[nH]c12. The predicted molar refractivity (Wildman–Crippen MR) is 52.8 cm³/mol. The van der Waals surface area contributed by atoms with Gasteiger partial charge in [0.1, 0.15) is 12.1 Å². The Labute approximate surface area is 88.5 Å². The van der Waals surface area contributed by atoms with Crippen LogP contribution in [-0.4, -0.2) is 37.6 Å². The molecule has 0 amide bonds.